The highest BCUT2D eigenvalue weighted by Gasteiger charge is 2.31. The monoisotopic (exact) mass is 426 g/mol. The van der Waals surface area contributed by atoms with Gasteiger partial charge in [0.05, 0.1) is 12.4 Å². The zero-order chi connectivity index (χ0) is 21.5. The Bertz CT molecular complexity index is 972. The molecule has 0 radical (unpaired) electrons. The second-order valence-corrected chi connectivity index (χ2v) is 7.88. The molecule has 1 fully saturated rings. The maximum absolute atomic E-state index is 12.0. The lowest BCUT2D eigenvalue weighted by atomic mass is 10.1. The summed E-state index contributed by atoms with van der Waals surface area (Å²) in [6, 6.07) is 12.6. The normalized spacial score (nSPS) is 16.0. The van der Waals surface area contributed by atoms with Crippen LogP contribution in [-0.4, -0.2) is 41.1 Å². The lowest BCUT2D eigenvalue weighted by Gasteiger charge is -2.07. The lowest BCUT2D eigenvalue weighted by molar-refractivity contribution is -0.119. The van der Waals surface area contributed by atoms with E-state index in [1.165, 1.54) is 19.3 Å². The number of aromatic hydroxyl groups is 1. The van der Waals surface area contributed by atoms with E-state index in [9.17, 15) is 19.5 Å². The first-order valence-electron chi connectivity index (χ1n) is 9.37. The number of amides is 3. The van der Waals surface area contributed by atoms with Crippen molar-refractivity contribution in [1.29, 1.82) is 0 Å². The highest BCUT2D eigenvalue weighted by Crippen LogP contribution is 2.26. The van der Waals surface area contributed by atoms with E-state index in [0.717, 1.165) is 28.5 Å². The number of hydrogen-bond donors (Lipinski definition) is 3. The average Bonchev–Trinajstić information content (AvgIpc) is 3.05. The molecule has 0 bridgehead atoms. The summed E-state index contributed by atoms with van der Waals surface area (Å²) in [7, 11) is 1.47. The summed E-state index contributed by atoms with van der Waals surface area (Å²) in [4.78, 5) is 34.8. The summed E-state index contributed by atoms with van der Waals surface area (Å²) in [5.74, 6) is -0.0631. The van der Waals surface area contributed by atoms with Gasteiger partial charge in [0.25, 0.3) is 5.24 Å². The van der Waals surface area contributed by atoms with Crippen LogP contribution in [0.15, 0.2) is 48.5 Å². The fraction of sp³-hybridized carbons (Fsp3) is 0.227. The van der Waals surface area contributed by atoms with Crippen LogP contribution in [0.1, 0.15) is 16.7 Å². The van der Waals surface area contributed by atoms with Gasteiger partial charge in [0.1, 0.15) is 0 Å². The number of imide groups is 1. The molecule has 0 aliphatic carbocycles. The van der Waals surface area contributed by atoms with Gasteiger partial charge in [-0.25, -0.2) is 0 Å². The number of thioether (sulfide) groups is 1. The molecular weight excluding hydrogens is 404 g/mol. The molecule has 1 aliphatic rings. The Balaban J connectivity index is 1.44. The number of carbonyl (C=O) groups is 3. The highest BCUT2D eigenvalue weighted by atomic mass is 32.2. The molecule has 1 atom stereocenters. The predicted octanol–water partition coefficient (Wildman–Crippen LogP) is 2.67. The van der Waals surface area contributed by atoms with E-state index < -0.39 is 0 Å². The molecule has 2 aromatic carbocycles. The summed E-state index contributed by atoms with van der Waals surface area (Å²) >= 11 is 1.02. The third-order valence-electron chi connectivity index (χ3n) is 4.55. The molecule has 0 saturated carbocycles. The van der Waals surface area contributed by atoms with Crippen molar-refractivity contribution >= 4 is 34.9 Å². The average molecular weight is 426 g/mol. The first kappa shape index (κ1) is 21.4. The van der Waals surface area contributed by atoms with E-state index in [-0.39, 0.29) is 28.1 Å². The van der Waals surface area contributed by atoms with Crippen LogP contribution in [0.5, 0.6) is 11.5 Å². The SMILES string of the molecule is COc1cc(C=CC(=O)NCCc2ccc(CC3SC(=O)NC3=O)cc2)ccc1O. The molecule has 3 amide bonds. The summed E-state index contributed by atoms with van der Waals surface area (Å²) in [5, 5.41) is 14.0. The fourth-order valence-electron chi connectivity index (χ4n) is 2.94. The molecule has 1 saturated heterocycles. The van der Waals surface area contributed by atoms with Crippen LogP contribution in [0.4, 0.5) is 4.79 Å². The second kappa shape index (κ2) is 9.98. The number of nitrogens with one attached hydrogen (secondary N) is 2. The van der Waals surface area contributed by atoms with Gasteiger partial charge in [-0.2, -0.15) is 0 Å². The van der Waals surface area contributed by atoms with Crippen LogP contribution >= 0.6 is 11.8 Å². The summed E-state index contributed by atoms with van der Waals surface area (Å²) in [5.41, 5.74) is 2.79. The molecule has 0 spiro atoms. The number of carbonyl (C=O) groups excluding carboxylic acids is 3. The minimum atomic E-state index is -0.372. The van der Waals surface area contributed by atoms with Crippen LogP contribution in [0.25, 0.3) is 6.08 Å². The topological polar surface area (TPSA) is 105 Å². The Hall–Kier alpha value is -3.26. The van der Waals surface area contributed by atoms with Crippen molar-refractivity contribution in [3.05, 3.63) is 65.2 Å². The van der Waals surface area contributed by atoms with Gasteiger partial charge in [-0.15, -0.1) is 0 Å². The number of ether oxygens (including phenoxy) is 1. The number of hydrogen-bond acceptors (Lipinski definition) is 6. The molecule has 7 nitrogen and oxygen atoms in total. The Kier molecular flexibility index (Phi) is 7.13. The minimum absolute atomic E-state index is 0.0453. The molecule has 3 rings (SSSR count). The van der Waals surface area contributed by atoms with E-state index in [4.69, 9.17) is 4.74 Å². The zero-order valence-corrected chi connectivity index (χ0v) is 17.2. The van der Waals surface area contributed by atoms with Gasteiger partial charge in [-0.1, -0.05) is 42.1 Å². The van der Waals surface area contributed by atoms with Crippen LogP contribution in [0.3, 0.4) is 0 Å². The number of benzene rings is 2. The van der Waals surface area contributed by atoms with Crippen LogP contribution in [0.2, 0.25) is 0 Å². The highest BCUT2D eigenvalue weighted by molar-refractivity contribution is 8.15. The Morgan fingerprint density at radius 3 is 2.60 bits per heavy atom. The maximum atomic E-state index is 12.0. The molecule has 1 aliphatic heterocycles. The fourth-order valence-corrected chi connectivity index (χ4v) is 3.80. The number of phenolic OH excluding ortho intramolecular Hbond substituents is 1. The largest absolute Gasteiger partial charge is 0.504 e. The molecular formula is C22H22N2O5S. The van der Waals surface area contributed by atoms with Crippen molar-refractivity contribution in [2.24, 2.45) is 0 Å². The summed E-state index contributed by atoms with van der Waals surface area (Å²) < 4.78 is 5.04. The molecule has 30 heavy (non-hydrogen) atoms. The smallest absolute Gasteiger partial charge is 0.286 e. The number of methoxy groups -OCH3 is 1. The number of phenols is 1. The van der Waals surface area contributed by atoms with Gasteiger partial charge in [-0.3, -0.25) is 19.7 Å². The molecule has 2 aromatic rings. The van der Waals surface area contributed by atoms with E-state index in [0.29, 0.717) is 25.1 Å². The number of rotatable bonds is 8. The van der Waals surface area contributed by atoms with E-state index >= 15 is 0 Å². The van der Waals surface area contributed by atoms with E-state index in [2.05, 4.69) is 10.6 Å². The quantitative estimate of drug-likeness (QED) is 0.561. The van der Waals surface area contributed by atoms with Gasteiger partial charge in [0, 0.05) is 12.6 Å². The van der Waals surface area contributed by atoms with Crippen molar-refractivity contribution in [3.63, 3.8) is 0 Å². The Labute approximate surface area is 178 Å². The lowest BCUT2D eigenvalue weighted by Crippen LogP contribution is -2.25. The molecule has 0 aromatic heterocycles. The van der Waals surface area contributed by atoms with Crippen molar-refractivity contribution in [2.75, 3.05) is 13.7 Å². The van der Waals surface area contributed by atoms with Gasteiger partial charge in [0.15, 0.2) is 11.5 Å². The van der Waals surface area contributed by atoms with Crippen LogP contribution < -0.4 is 15.4 Å². The van der Waals surface area contributed by atoms with Crippen molar-refractivity contribution in [1.82, 2.24) is 10.6 Å². The van der Waals surface area contributed by atoms with E-state index in [1.807, 2.05) is 24.3 Å². The molecule has 1 heterocycles. The summed E-state index contributed by atoms with van der Waals surface area (Å²) in [6.07, 6.45) is 4.25. The van der Waals surface area contributed by atoms with Crippen molar-refractivity contribution in [2.45, 2.75) is 18.1 Å². The van der Waals surface area contributed by atoms with Crippen LogP contribution in [-0.2, 0) is 22.4 Å². The second-order valence-electron chi connectivity index (χ2n) is 6.71. The minimum Gasteiger partial charge on any atom is -0.504 e. The molecule has 3 N–H and O–H groups in total. The first-order chi connectivity index (χ1) is 14.4. The van der Waals surface area contributed by atoms with Crippen molar-refractivity contribution < 1.29 is 24.2 Å². The van der Waals surface area contributed by atoms with Gasteiger partial charge >= 0.3 is 0 Å². The third kappa shape index (κ3) is 5.87. The van der Waals surface area contributed by atoms with Gasteiger partial charge < -0.3 is 15.2 Å². The van der Waals surface area contributed by atoms with Crippen LogP contribution in [0, 0.1) is 0 Å². The first-order valence-corrected chi connectivity index (χ1v) is 10.2. The third-order valence-corrected chi connectivity index (χ3v) is 5.54. The molecule has 156 valence electrons. The maximum Gasteiger partial charge on any atom is 0.286 e. The van der Waals surface area contributed by atoms with Gasteiger partial charge in [0.2, 0.25) is 11.8 Å². The van der Waals surface area contributed by atoms with Gasteiger partial charge in [-0.05, 0) is 47.7 Å². The van der Waals surface area contributed by atoms with Crippen molar-refractivity contribution in [3.8, 4) is 11.5 Å². The molecule has 1 unspecified atom stereocenters. The van der Waals surface area contributed by atoms with E-state index in [1.54, 1.807) is 18.2 Å². The Morgan fingerprint density at radius 2 is 1.93 bits per heavy atom. The summed E-state index contributed by atoms with van der Waals surface area (Å²) in [6.45, 7) is 0.483. The zero-order valence-electron chi connectivity index (χ0n) is 16.4. The Morgan fingerprint density at radius 1 is 1.20 bits per heavy atom. The standard InChI is InChI=1S/C22H22N2O5S/c1-29-18-12-15(6-8-17(18)25)7-9-20(26)23-11-10-14-2-4-16(5-3-14)13-19-21(27)24-22(28)30-19/h2-9,12,19,25H,10-11,13H2,1H3,(H,23,26)(H,24,27,28). The molecule has 8 heteroatoms. The predicted molar refractivity (Wildman–Crippen MR) is 115 cm³/mol.